The molecule has 0 unspecified atom stereocenters. The number of nitrogens with zero attached hydrogens (tertiary/aromatic N) is 8. The second-order valence-electron chi connectivity index (χ2n) is 8.88. The Kier molecular flexibility index (Phi) is 5.55. The molecule has 0 aliphatic carbocycles. The number of aromatic nitrogens is 8. The molecular weight excluding hydrogens is 512 g/mol. The zero-order valence-corrected chi connectivity index (χ0v) is 21.1. The van der Waals surface area contributed by atoms with E-state index in [0.717, 1.165) is 33.4 Å². The third-order valence-electron chi connectivity index (χ3n) is 6.00. The van der Waals surface area contributed by atoms with Crippen LogP contribution in [0.3, 0.4) is 0 Å². The number of aryl methyl sites for hydroxylation is 2. The van der Waals surface area contributed by atoms with Crippen LogP contribution in [-0.4, -0.2) is 40.6 Å². The Morgan fingerprint density at radius 2 is 0.725 bits per heavy atom. The normalized spacial score (nSPS) is 11.2. The maximum absolute atomic E-state index is 5.56. The number of hydrogen-bond donors (Lipinski definition) is 0. The van der Waals surface area contributed by atoms with E-state index in [2.05, 4.69) is 40.6 Å². The highest BCUT2D eigenvalue weighted by molar-refractivity contribution is 5.70. The summed E-state index contributed by atoms with van der Waals surface area (Å²) in [6.45, 7) is 3.53. The van der Waals surface area contributed by atoms with Crippen molar-refractivity contribution in [1.29, 1.82) is 0 Å². The minimum Gasteiger partial charge on any atom is -0.334 e. The summed E-state index contributed by atoms with van der Waals surface area (Å²) >= 11 is 0. The first-order valence-corrected chi connectivity index (χ1v) is 12.2. The molecule has 40 heavy (non-hydrogen) atoms. The van der Waals surface area contributed by atoms with Gasteiger partial charge in [0.1, 0.15) is 0 Å². The summed E-state index contributed by atoms with van der Waals surface area (Å²) in [5, 5.41) is 16.0. The molecule has 4 heterocycles. The van der Waals surface area contributed by atoms with Crippen molar-refractivity contribution in [3.8, 4) is 68.6 Å². The van der Waals surface area contributed by atoms with Crippen LogP contribution in [-0.2, 0) is 0 Å². The fraction of sp³-hybridized carbons (Fsp3) is 0.0714. The number of benzene rings is 3. The highest BCUT2D eigenvalue weighted by Gasteiger charge is 2.17. The summed E-state index contributed by atoms with van der Waals surface area (Å²) in [5.74, 6) is 3.51. The minimum absolute atomic E-state index is 0.358. The second-order valence-corrected chi connectivity index (χ2v) is 8.88. The van der Waals surface area contributed by atoms with E-state index < -0.39 is 0 Å². The summed E-state index contributed by atoms with van der Waals surface area (Å²) in [4.78, 5) is 17.7. The van der Waals surface area contributed by atoms with Gasteiger partial charge in [0.05, 0.1) is 0 Å². The van der Waals surface area contributed by atoms with Crippen molar-refractivity contribution >= 4 is 0 Å². The average molecular weight is 531 g/mol. The van der Waals surface area contributed by atoms with Gasteiger partial charge in [0, 0.05) is 33.4 Å². The Hall–Kier alpha value is -5.78. The maximum Gasteiger partial charge on any atom is 0.258 e. The molecule has 0 saturated carbocycles. The Balaban J connectivity index is 1.15. The molecule has 7 aromatic rings. The summed E-state index contributed by atoms with van der Waals surface area (Å²) < 4.78 is 21.7. The molecule has 12 nitrogen and oxygen atoms in total. The van der Waals surface area contributed by atoms with Crippen molar-refractivity contribution in [3.05, 3.63) is 84.4 Å². The average Bonchev–Trinajstić information content (AvgIpc) is 3.81. The van der Waals surface area contributed by atoms with E-state index in [-0.39, 0.29) is 0 Å². The standard InChI is InChI=1S/C28H18N8O4/c1-15-29-25(37-33-15)19-8-4-10-21(13-19)27-31-23(35-39-27)17-6-3-7-18(12-17)24-32-28(40-36-24)22-11-5-9-20(14-22)26-30-16(2)34-38-26/h3-14H,1-2H3. The van der Waals surface area contributed by atoms with E-state index in [1.807, 2.05) is 72.8 Å². The molecule has 0 spiro atoms. The van der Waals surface area contributed by atoms with Crippen LogP contribution >= 0.6 is 0 Å². The van der Waals surface area contributed by atoms with E-state index in [9.17, 15) is 0 Å². The number of rotatable bonds is 6. The summed E-state index contributed by atoms with van der Waals surface area (Å²) in [5.41, 5.74) is 4.43. The van der Waals surface area contributed by atoms with Gasteiger partial charge >= 0.3 is 0 Å². The lowest BCUT2D eigenvalue weighted by Crippen LogP contribution is -1.86. The van der Waals surface area contributed by atoms with E-state index in [4.69, 9.17) is 18.1 Å². The summed E-state index contributed by atoms with van der Waals surface area (Å²) in [6.07, 6.45) is 0. The highest BCUT2D eigenvalue weighted by Crippen LogP contribution is 2.30. The van der Waals surface area contributed by atoms with E-state index in [1.54, 1.807) is 13.8 Å². The smallest absolute Gasteiger partial charge is 0.258 e. The van der Waals surface area contributed by atoms with Crippen LogP contribution < -0.4 is 0 Å². The fourth-order valence-corrected chi connectivity index (χ4v) is 4.11. The molecular formula is C28H18N8O4. The molecule has 0 N–H and O–H groups in total. The molecule has 0 saturated heterocycles. The first-order valence-electron chi connectivity index (χ1n) is 12.2. The lowest BCUT2D eigenvalue weighted by Gasteiger charge is -1.99. The quantitative estimate of drug-likeness (QED) is 0.253. The molecule has 0 radical (unpaired) electrons. The van der Waals surface area contributed by atoms with Crippen LogP contribution in [0.2, 0.25) is 0 Å². The highest BCUT2D eigenvalue weighted by atomic mass is 16.5. The summed E-state index contributed by atoms with van der Waals surface area (Å²) in [7, 11) is 0. The van der Waals surface area contributed by atoms with E-state index in [0.29, 0.717) is 46.9 Å². The van der Waals surface area contributed by atoms with Crippen LogP contribution in [0, 0.1) is 13.8 Å². The van der Waals surface area contributed by atoms with Crippen LogP contribution in [0.15, 0.2) is 90.9 Å². The van der Waals surface area contributed by atoms with Gasteiger partial charge in [0.25, 0.3) is 23.6 Å². The van der Waals surface area contributed by atoms with Crippen molar-refractivity contribution in [2.75, 3.05) is 0 Å². The maximum atomic E-state index is 5.56. The lowest BCUT2D eigenvalue weighted by atomic mass is 10.1. The monoisotopic (exact) mass is 530 g/mol. The van der Waals surface area contributed by atoms with Crippen molar-refractivity contribution < 1.29 is 18.1 Å². The molecule has 7 rings (SSSR count). The molecule has 194 valence electrons. The zero-order chi connectivity index (χ0) is 27.1. The largest absolute Gasteiger partial charge is 0.334 e. The van der Waals surface area contributed by atoms with Gasteiger partial charge < -0.3 is 18.1 Å². The molecule has 0 aliphatic heterocycles. The molecule has 0 atom stereocenters. The molecule has 0 fully saturated rings. The first-order chi connectivity index (χ1) is 19.6. The van der Waals surface area contributed by atoms with Crippen LogP contribution in [0.1, 0.15) is 11.6 Å². The topological polar surface area (TPSA) is 156 Å². The van der Waals surface area contributed by atoms with E-state index in [1.165, 1.54) is 0 Å². The van der Waals surface area contributed by atoms with E-state index >= 15 is 0 Å². The Morgan fingerprint density at radius 1 is 0.400 bits per heavy atom. The predicted octanol–water partition coefficient (Wildman–Crippen LogP) is 5.84. The lowest BCUT2D eigenvalue weighted by molar-refractivity contribution is 0.425. The third-order valence-corrected chi connectivity index (χ3v) is 6.00. The molecule has 3 aromatic carbocycles. The summed E-state index contributed by atoms with van der Waals surface area (Å²) in [6, 6.07) is 22.4. The molecule has 0 amide bonds. The molecule has 0 aliphatic rings. The van der Waals surface area contributed by atoms with Crippen molar-refractivity contribution in [2.45, 2.75) is 13.8 Å². The van der Waals surface area contributed by atoms with Gasteiger partial charge in [-0.1, -0.05) is 51.0 Å². The van der Waals surface area contributed by atoms with Gasteiger partial charge in [-0.2, -0.15) is 19.9 Å². The SMILES string of the molecule is Cc1noc(-c2cccc(-c3nc(-c4cccc(-c5noc(-c6cccc(-c7nc(C)no7)c6)n5)c4)no3)c2)n1. The Labute approximate surface area is 225 Å². The third kappa shape index (κ3) is 4.43. The first kappa shape index (κ1) is 23.3. The second kappa shape index (κ2) is 9.51. The Morgan fingerprint density at radius 3 is 1.10 bits per heavy atom. The van der Waals surface area contributed by atoms with Gasteiger partial charge in [-0.25, -0.2) is 0 Å². The van der Waals surface area contributed by atoms with Crippen molar-refractivity contribution in [1.82, 2.24) is 40.6 Å². The molecule has 12 heteroatoms. The van der Waals surface area contributed by atoms with Crippen LogP contribution in [0.4, 0.5) is 0 Å². The predicted molar refractivity (Wildman–Crippen MR) is 140 cm³/mol. The van der Waals surface area contributed by atoms with Gasteiger partial charge in [-0.15, -0.1) is 0 Å². The zero-order valence-electron chi connectivity index (χ0n) is 21.1. The fourth-order valence-electron chi connectivity index (χ4n) is 4.11. The van der Waals surface area contributed by atoms with Crippen molar-refractivity contribution in [3.63, 3.8) is 0 Å². The van der Waals surface area contributed by atoms with Gasteiger partial charge in [0.15, 0.2) is 11.6 Å². The van der Waals surface area contributed by atoms with Gasteiger partial charge in [0.2, 0.25) is 11.6 Å². The van der Waals surface area contributed by atoms with Gasteiger partial charge in [-0.3, -0.25) is 0 Å². The van der Waals surface area contributed by atoms with Crippen LogP contribution in [0.5, 0.6) is 0 Å². The number of hydrogen-bond acceptors (Lipinski definition) is 12. The Bertz CT molecular complexity index is 1830. The van der Waals surface area contributed by atoms with Crippen molar-refractivity contribution in [2.24, 2.45) is 0 Å². The minimum atomic E-state index is 0.358. The van der Waals surface area contributed by atoms with Gasteiger partial charge in [-0.05, 0) is 56.3 Å². The molecule has 0 bridgehead atoms. The van der Waals surface area contributed by atoms with Crippen LogP contribution in [0.25, 0.3) is 68.6 Å². The molecule has 4 aromatic heterocycles.